The molecule has 1 saturated heterocycles. The highest BCUT2D eigenvalue weighted by Gasteiger charge is 2.43. The van der Waals surface area contributed by atoms with Crippen molar-refractivity contribution in [3.05, 3.63) is 84.1 Å². The standard InChI is InChI=1S/C24H21N5O5/c1-24(33-21(30)17(14-25)22(31)34-24)13-16-9-5-6-10-18(16)26-23(32)27-20-12-11-19(28-29-20)15-7-3-2-4-8-15/h2-12,14H,13,25H2,1H3,(H2,26,27,29,32). The minimum atomic E-state index is -1.56. The minimum Gasteiger partial charge on any atom is -0.419 e. The molecule has 34 heavy (non-hydrogen) atoms. The van der Waals surface area contributed by atoms with Crippen LogP contribution in [0.3, 0.4) is 0 Å². The van der Waals surface area contributed by atoms with E-state index in [-0.39, 0.29) is 17.8 Å². The van der Waals surface area contributed by atoms with Gasteiger partial charge in [-0.05, 0) is 23.8 Å². The van der Waals surface area contributed by atoms with Crippen LogP contribution in [0, 0.1) is 0 Å². The zero-order valence-electron chi connectivity index (χ0n) is 18.1. The molecule has 1 aliphatic rings. The van der Waals surface area contributed by atoms with Gasteiger partial charge < -0.3 is 20.5 Å². The Morgan fingerprint density at radius 2 is 1.62 bits per heavy atom. The fraction of sp³-hybridized carbons (Fsp3) is 0.125. The number of nitrogens with zero attached hydrogens (tertiary/aromatic N) is 2. The first-order chi connectivity index (χ1) is 16.4. The molecule has 1 aliphatic heterocycles. The van der Waals surface area contributed by atoms with Crippen LogP contribution in [0.1, 0.15) is 12.5 Å². The Morgan fingerprint density at radius 3 is 2.26 bits per heavy atom. The van der Waals surface area contributed by atoms with E-state index in [1.165, 1.54) is 6.92 Å². The van der Waals surface area contributed by atoms with E-state index in [4.69, 9.17) is 15.2 Å². The molecule has 0 aliphatic carbocycles. The molecule has 172 valence electrons. The van der Waals surface area contributed by atoms with E-state index in [0.29, 0.717) is 16.9 Å². The first-order valence-electron chi connectivity index (χ1n) is 10.3. The van der Waals surface area contributed by atoms with Gasteiger partial charge in [0, 0.05) is 24.4 Å². The van der Waals surface area contributed by atoms with Crippen molar-refractivity contribution in [1.82, 2.24) is 10.2 Å². The van der Waals surface area contributed by atoms with Crippen molar-refractivity contribution in [2.45, 2.75) is 19.1 Å². The second kappa shape index (κ2) is 9.41. The monoisotopic (exact) mass is 459 g/mol. The number of rotatable bonds is 5. The van der Waals surface area contributed by atoms with Gasteiger partial charge in [0.2, 0.25) is 0 Å². The number of esters is 2. The van der Waals surface area contributed by atoms with Crippen molar-refractivity contribution in [2.75, 3.05) is 10.6 Å². The Bertz CT molecular complexity index is 1240. The third-order valence-corrected chi connectivity index (χ3v) is 4.98. The van der Waals surface area contributed by atoms with Crippen molar-refractivity contribution in [1.29, 1.82) is 0 Å². The van der Waals surface area contributed by atoms with E-state index in [1.54, 1.807) is 36.4 Å². The number of hydrogen-bond acceptors (Lipinski definition) is 8. The van der Waals surface area contributed by atoms with Crippen molar-refractivity contribution < 1.29 is 23.9 Å². The lowest BCUT2D eigenvalue weighted by atomic mass is 10.0. The summed E-state index contributed by atoms with van der Waals surface area (Å²) in [6.45, 7) is 1.46. The summed E-state index contributed by atoms with van der Waals surface area (Å²) in [7, 11) is 0. The van der Waals surface area contributed by atoms with Gasteiger partial charge in [-0.2, -0.15) is 0 Å². The van der Waals surface area contributed by atoms with Crippen molar-refractivity contribution >= 4 is 29.5 Å². The molecule has 2 heterocycles. The van der Waals surface area contributed by atoms with Gasteiger partial charge in [-0.3, -0.25) is 5.32 Å². The number of nitrogens with two attached hydrogens (primary N) is 1. The predicted molar refractivity (Wildman–Crippen MR) is 123 cm³/mol. The van der Waals surface area contributed by atoms with E-state index in [0.717, 1.165) is 11.8 Å². The number of aromatic nitrogens is 2. The molecule has 2 aromatic carbocycles. The van der Waals surface area contributed by atoms with Gasteiger partial charge in [0.25, 0.3) is 5.79 Å². The molecule has 10 nitrogen and oxygen atoms in total. The Hall–Kier alpha value is -4.73. The molecular weight excluding hydrogens is 438 g/mol. The first-order valence-corrected chi connectivity index (χ1v) is 10.3. The number of carbonyl (C=O) groups excluding carboxylic acids is 3. The van der Waals surface area contributed by atoms with Crippen molar-refractivity contribution in [3.8, 4) is 11.3 Å². The number of anilines is 2. The summed E-state index contributed by atoms with van der Waals surface area (Å²) in [5, 5.41) is 13.5. The maximum atomic E-state index is 12.6. The molecule has 4 rings (SSSR count). The number of carbonyl (C=O) groups is 3. The van der Waals surface area contributed by atoms with Gasteiger partial charge in [-0.1, -0.05) is 48.5 Å². The largest absolute Gasteiger partial charge is 0.419 e. The van der Waals surface area contributed by atoms with E-state index in [2.05, 4.69) is 20.8 Å². The van der Waals surface area contributed by atoms with Gasteiger partial charge in [0.1, 0.15) is 0 Å². The molecule has 2 amide bonds. The summed E-state index contributed by atoms with van der Waals surface area (Å²) in [4.78, 5) is 36.7. The smallest absolute Gasteiger partial charge is 0.350 e. The molecule has 0 unspecified atom stereocenters. The van der Waals surface area contributed by atoms with E-state index in [9.17, 15) is 14.4 Å². The molecule has 1 fully saturated rings. The molecule has 0 spiro atoms. The van der Waals surface area contributed by atoms with Gasteiger partial charge >= 0.3 is 18.0 Å². The van der Waals surface area contributed by atoms with E-state index in [1.807, 2.05) is 30.3 Å². The number of cyclic esters (lactones) is 2. The molecule has 4 N–H and O–H groups in total. The van der Waals surface area contributed by atoms with Gasteiger partial charge in [0.15, 0.2) is 11.4 Å². The summed E-state index contributed by atoms with van der Waals surface area (Å²) in [6.07, 6.45) is 0.851. The highest BCUT2D eigenvalue weighted by atomic mass is 16.7. The van der Waals surface area contributed by atoms with Crippen LogP contribution < -0.4 is 16.4 Å². The number of amides is 2. The van der Waals surface area contributed by atoms with Crippen LogP contribution in [0.25, 0.3) is 11.3 Å². The third-order valence-electron chi connectivity index (χ3n) is 4.98. The zero-order valence-corrected chi connectivity index (χ0v) is 18.1. The van der Waals surface area contributed by atoms with Crippen molar-refractivity contribution in [3.63, 3.8) is 0 Å². The van der Waals surface area contributed by atoms with Crippen LogP contribution in [0.4, 0.5) is 16.3 Å². The molecule has 0 atom stereocenters. The Kier molecular flexibility index (Phi) is 6.22. The SMILES string of the molecule is CC1(Cc2ccccc2NC(=O)Nc2ccc(-c3ccccc3)nn2)OC(=O)C(=CN)C(=O)O1. The number of benzene rings is 2. The molecule has 3 aromatic rings. The van der Waals surface area contributed by atoms with E-state index < -0.39 is 23.8 Å². The normalized spacial score (nSPS) is 17.4. The lowest BCUT2D eigenvalue weighted by molar-refractivity contribution is -0.228. The maximum absolute atomic E-state index is 12.6. The molecule has 0 saturated carbocycles. The minimum absolute atomic E-state index is 0.00433. The highest BCUT2D eigenvalue weighted by molar-refractivity contribution is 6.15. The third kappa shape index (κ3) is 5.01. The quantitative estimate of drug-likeness (QED) is 0.300. The van der Waals surface area contributed by atoms with Crippen LogP contribution in [0.15, 0.2) is 78.5 Å². The second-order valence-electron chi connectivity index (χ2n) is 7.58. The number of nitrogens with one attached hydrogen (secondary N) is 2. The van der Waals surface area contributed by atoms with Gasteiger partial charge in [0.05, 0.1) is 12.1 Å². The average Bonchev–Trinajstić information content (AvgIpc) is 2.81. The average molecular weight is 459 g/mol. The fourth-order valence-corrected chi connectivity index (χ4v) is 3.39. The fourth-order valence-electron chi connectivity index (χ4n) is 3.39. The molecule has 0 radical (unpaired) electrons. The van der Waals surface area contributed by atoms with Crippen molar-refractivity contribution in [2.24, 2.45) is 5.73 Å². The molecule has 10 heteroatoms. The van der Waals surface area contributed by atoms with Crippen LogP contribution in [-0.2, 0) is 25.5 Å². The number of hydrogen-bond donors (Lipinski definition) is 3. The maximum Gasteiger partial charge on any atom is 0.350 e. The van der Waals surface area contributed by atoms with Gasteiger partial charge in [-0.25, -0.2) is 14.4 Å². The van der Waals surface area contributed by atoms with Gasteiger partial charge in [-0.15, -0.1) is 10.2 Å². The van der Waals surface area contributed by atoms with Crippen LogP contribution in [0.5, 0.6) is 0 Å². The number of ether oxygens (including phenoxy) is 2. The molecule has 1 aromatic heterocycles. The summed E-state index contributed by atoms with van der Waals surface area (Å²) in [6, 6.07) is 19.2. The number of urea groups is 1. The summed E-state index contributed by atoms with van der Waals surface area (Å²) < 4.78 is 10.6. The predicted octanol–water partition coefficient (Wildman–Crippen LogP) is 2.99. The number of para-hydroxylation sites is 1. The first kappa shape index (κ1) is 22.5. The summed E-state index contributed by atoms with van der Waals surface area (Å²) in [5.41, 5.74) is 7.50. The van der Waals surface area contributed by atoms with Crippen LogP contribution in [-0.4, -0.2) is 34.0 Å². The zero-order chi connectivity index (χ0) is 24.1. The second-order valence-corrected chi connectivity index (χ2v) is 7.58. The van der Waals surface area contributed by atoms with Crippen LogP contribution >= 0.6 is 0 Å². The highest BCUT2D eigenvalue weighted by Crippen LogP contribution is 2.29. The van der Waals surface area contributed by atoms with E-state index >= 15 is 0 Å². The molecule has 0 bridgehead atoms. The summed E-state index contributed by atoms with van der Waals surface area (Å²) in [5.74, 6) is -3.05. The van der Waals surface area contributed by atoms with Crippen LogP contribution in [0.2, 0.25) is 0 Å². The Labute approximate surface area is 194 Å². The lowest BCUT2D eigenvalue weighted by Crippen LogP contribution is -2.46. The summed E-state index contributed by atoms with van der Waals surface area (Å²) >= 11 is 0. The lowest BCUT2D eigenvalue weighted by Gasteiger charge is -2.33. The Balaban J connectivity index is 1.43. The molecular formula is C24H21N5O5. The Morgan fingerprint density at radius 1 is 0.941 bits per heavy atom. The topological polar surface area (TPSA) is 146 Å².